The van der Waals surface area contributed by atoms with Crippen LogP contribution in [-0.2, 0) is 20.4 Å². The molecule has 0 bridgehead atoms. The molecule has 0 fully saturated rings. The number of nitrogens with zero attached hydrogens (tertiary/aromatic N) is 2. The van der Waals surface area contributed by atoms with Crippen LogP contribution in [0.5, 0.6) is 23.0 Å². The maximum atomic E-state index is 6.58. The average molecular weight is 1020 g/mol. The van der Waals surface area contributed by atoms with Crippen molar-refractivity contribution in [3.05, 3.63) is 214 Å². The Labute approximate surface area is 420 Å². The molecule has 0 radical (unpaired) electrons. The number of ether oxygens (including phenoxy) is 2. The minimum atomic E-state index is -2.64. The molecule has 334 valence electrons. The third kappa shape index (κ3) is 7.61. The van der Waals surface area contributed by atoms with E-state index in [1.165, 1.54) is 78.2 Å². The Kier molecular flexibility index (Phi) is 12.3. The largest absolute Gasteiger partial charge is 1.00 e. The summed E-state index contributed by atoms with van der Waals surface area (Å²) in [5.41, 5.74) is 22.1. The monoisotopic (exact) mass is 1020 g/mol. The van der Waals surface area contributed by atoms with E-state index in [4.69, 9.17) is 9.47 Å². The van der Waals surface area contributed by atoms with Crippen LogP contribution in [0.25, 0.3) is 34.4 Å². The molecule has 2 aliphatic carbocycles. The summed E-state index contributed by atoms with van der Waals surface area (Å²) in [6.07, 6.45) is 5.12. The fourth-order valence-electron chi connectivity index (χ4n) is 10.9. The van der Waals surface area contributed by atoms with E-state index in [1.807, 2.05) is 0 Å². The SMILES string of the molecule is CC1=Cc2c(cc(-c3ccc(C)cc3)cc2N2c3ccccc3Oc3ccccc32)[C@@H]1[Zr+2]([C@H]1C(C)=Cc2c1cc(-c1ccc(C)cc1)cc2N1c2ccccc2Oc2ccccc21)=[Si](C)C.[Cl-].[Cl-]. The summed E-state index contributed by atoms with van der Waals surface area (Å²) < 4.78 is 14.0. The molecule has 2 heterocycles. The summed E-state index contributed by atoms with van der Waals surface area (Å²) in [4.78, 5) is 4.94. The average Bonchev–Trinajstić information content (AvgIpc) is 3.84. The number of rotatable bonds is 6. The predicted molar refractivity (Wildman–Crippen MR) is 273 cm³/mol. The molecule has 8 aromatic carbocycles. The fourth-order valence-corrected chi connectivity index (χ4v) is 31.6. The molecule has 0 spiro atoms. The number of halogens is 2. The van der Waals surface area contributed by atoms with Gasteiger partial charge in [-0.2, -0.15) is 0 Å². The van der Waals surface area contributed by atoms with E-state index in [9.17, 15) is 0 Å². The third-order valence-electron chi connectivity index (χ3n) is 14.0. The van der Waals surface area contributed by atoms with Gasteiger partial charge in [-0.05, 0) is 0 Å². The van der Waals surface area contributed by atoms with Crippen molar-refractivity contribution >= 4 is 51.7 Å². The van der Waals surface area contributed by atoms with Gasteiger partial charge in [0.05, 0.1) is 0 Å². The molecule has 0 aromatic heterocycles. The summed E-state index contributed by atoms with van der Waals surface area (Å²) in [6.45, 7) is 14.5. The fraction of sp³-hybridized carbons (Fsp3) is 0.133. The van der Waals surface area contributed by atoms with Gasteiger partial charge in [0, 0.05) is 0 Å². The van der Waals surface area contributed by atoms with Crippen LogP contribution in [-0.4, -0.2) is 5.43 Å². The van der Waals surface area contributed by atoms with E-state index in [0.29, 0.717) is 7.25 Å². The summed E-state index contributed by atoms with van der Waals surface area (Å²) in [5.74, 6) is 3.50. The number of aryl methyl sites for hydroxylation is 2. The molecule has 0 N–H and O–H groups in total. The van der Waals surface area contributed by atoms with Crippen molar-refractivity contribution in [3.63, 3.8) is 0 Å². The molecule has 0 unspecified atom stereocenters. The van der Waals surface area contributed by atoms with Crippen LogP contribution in [0.4, 0.5) is 34.1 Å². The smallest absolute Gasteiger partial charge is 1.00 e. The van der Waals surface area contributed by atoms with Gasteiger partial charge in [0.2, 0.25) is 0 Å². The Hall–Kier alpha value is -5.88. The molecule has 0 amide bonds. The molecular weight excluding hydrogens is 971 g/mol. The van der Waals surface area contributed by atoms with Gasteiger partial charge in [-0.3, -0.25) is 0 Å². The zero-order valence-electron chi connectivity index (χ0n) is 38.9. The van der Waals surface area contributed by atoms with Crippen molar-refractivity contribution in [3.8, 4) is 45.3 Å². The maximum absolute atomic E-state index is 6.58. The van der Waals surface area contributed by atoms with Gasteiger partial charge < -0.3 is 24.8 Å². The number of anilines is 6. The van der Waals surface area contributed by atoms with Crippen LogP contribution in [0.15, 0.2) is 181 Å². The summed E-state index contributed by atoms with van der Waals surface area (Å²) in [7, 11) is 0. The van der Waals surface area contributed by atoms with Gasteiger partial charge >= 0.3 is 399 Å². The molecule has 12 rings (SSSR count). The molecule has 4 aliphatic rings. The van der Waals surface area contributed by atoms with E-state index in [0.717, 1.165) is 45.7 Å². The van der Waals surface area contributed by atoms with Gasteiger partial charge in [-0.25, -0.2) is 0 Å². The zero-order chi connectivity index (χ0) is 44.8. The van der Waals surface area contributed by atoms with Crippen molar-refractivity contribution < 1.29 is 54.7 Å². The van der Waals surface area contributed by atoms with Gasteiger partial charge in [0.25, 0.3) is 0 Å². The third-order valence-corrected chi connectivity index (χ3v) is 33.9. The number of benzene rings is 8. The number of para-hydroxylation sites is 8. The van der Waals surface area contributed by atoms with Gasteiger partial charge in [0.1, 0.15) is 0 Å². The first-order valence-electron chi connectivity index (χ1n) is 23.1. The zero-order valence-corrected chi connectivity index (χ0v) is 43.9. The van der Waals surface area contributed by atoms with Crippen molar-refractivity contribution in [1.82, 2.24) is 0 Å². The first-order valence-corrected chi connectivity index (χ1v) is 32.1. The molecule has 4 nitrogen and oxygen atoms in total. The molecule has 68 heavy (non-hydrogen) atoms. The van der Waals surface area contributed by atoms with E-state index >= 15 is 0 Å². The normalized spacial score (nSPS) is 15.5. The van der Waals surface area contributed by atoms with E-state index in [-0.39, 0.29) is 24.8 Å². The van der Waals surface area contributed by atoms with Crippen LogP contribution >= 0.6 is 0 Å². The van der Waals surface area contributed by atoms with E-state index in [2.05, 4.69) is 233 Å². The summed E-state index contributed by atoms with van der Waals surface area (Å²) in [5, 5.41) is 0. The van der Waals surface area contributed by atoms with Crippen LogP contribution < -0.4 is 44.1 Å². The van der Waals surface area contributed by atoms with Crippen molar-refractivity contribution in [2.24, 2.45) is 0 Å². The van der Waals surface area contributed by atoms with Crippen LogP contribution in [0.1, 0.15) is 54.5 Å². The number of hydrogen-bond acceptors (Lipinski definition) is 4. The minimum Gasteiger partial charge on any atom is -1.00 e. The molecule has 0 saturated carbocycles. The number of allylic oxidation sites excluding steroid dienone is 2. The van der Waals surface area contributed by atoms with Crippen LogP contribution in [0.2, 0.25) is 13.1 Å². The maximum Gasteiger partial charge on any atom is -1.00 e. The van der Waals surface area contributed by atoms with Crippen molar-refractivity contribution in [2.75, 3.05) is 9.80 Å². The molecule has 8 heteroatoms. The second-order valence-corrected chi connectivity index (χ2v) is 36.4. The quantitative estimate of drug-likeness (QED) is 0.155. The van der Waals surface area contributed by atoms with E-state index < -0.39 is 25.8 Å². The van der Waals surface area contributed by atoms with Gasteiger partial charge in [-0.1, -0.05) is 0 Å². The molecule has 2 aliphatic heterocycles. The molecule has 0 saturated heterocycles. The van der Waals surface area contributed by atoms with Crippen LogP contribution in [0.3, 0.4) is 0 Å². The second kappa shape index (κ2) is 18.2. The van der Waals surface area contributed by atoms with Crippen LogP contribution in [0, 0.1) is 13.8 Å². The summed E-state index contributed by atoms with van der Waals surface area (Å²) in [6, 6.07) is 62.3. The predicted octanol–water partition coefficient (Wildman–Crippen LogP) is 11.3. The number of fused-ring (bicyclic) bond motifs is 6. The van der Waals surface area contributed by atoms with E-state index in [1.54, 1.807) is 0 Å². The van der Waals surface area contributed by atoms with Crippen molar-refractivity contribution in [1.29, 1.82) is 0 Å². The Bertz CT molecular complexity index is 3100. The first-order chi connectivity index (χ1) is 32.2. The Morgan fingerprint density at radius 3 is 1.04 bits per heavy atom. The molecular formula is C60H50Cl2N2O2SiZr. The van der Waals surface area contributed by atoms with Crippen molar-refractivity contribution in [2.45, 2.75) is 48.0 Å². The molecule has 2 atom stereocenters. The second-order valence-electron chi connectivity index (χ2n) is 18.6. The topological polar surface area (TPSA) is 24.9 Å². The minimum absolute atomic E-state index is 0. The Morgan fingerprint density at radius 2 is 0.721 bits per heavy atom. The first kappa shape index (κ1) is 45.9. The van der Waals surface area contributed by atoms with Gasteiger partial charge in [-0.15, -0.1) is 0 Å². The Morgan fingerprint density at radius 1 is 0.397 bits per heavy atom. The number of hydrogen-bond donors (Lipinski definition) is 0. The Balaban J connectivity index is 0.00000269. The van der Waals surface area contributed by atoms with Gasteiger partial charge in [0.15, 0.2) is 0 Å². The standard InChI is InChI=1S/2C29H22NO.C2H6Si.2ClH.Zr/c2*1-19-11-13-21(14-12-19)22-17-23-15-20(2)16-24(23)27(18-22)30-25-7-3-5-9-28(25)31-29-10-6-4-8-26(29)30;1-3-2;;;/h2*3-18H,1-2H3;1-2H3;2*1H;/q;;;;;+2/p-2. The summed E-state index contributed by atoms with van der Waals surface area (Å²) >= 11 is -2.64. The molecule has 8 aromatic rings.